The number of aliphatic hydroxyl groups is 1. The molecule has 2 aliphatic rings. The summed E-state index contributed by atoms with van der Waals surface area (Å²) in [5.41, 5.74) is 0.274. The highest BCUT2D eigenvalue weighted by Gasteiger charge is 2.37. The van der Waals surface area contributed by atoms with Gasteiger partial charge in [0, 0.05) is 25.0 Å². The van der Waals surface area contributed by atoms with Crippen molar-refractivity contribution in [2.45, 2.75) is 52.2 Å². The molecule has 2 aliphatic heterocycles. The quantitative estimate of drug-likeness (QED) is 0.904. The van der Waals surface area contributed by atoms with Crippen LogP contribution < -0.4 is 0 Å². The van der Waals surface area contributed by atoms with Gasteiger partial charge in [0.15, 0.2) is 0 Å². The van der Waals surface area contributed by atoms with Gasteiger partial charge in [-0.25, -0.2) is 4.98 Å². The normalized spacial score (nSPS) is 25.6. The van der Waals surface area contributed by atoms with Crippen LogP contribution in [0, 0.1) is 18.8 Å². The number of aryl methyl sites for hydroxylation is 1. The van der Waals surface area contributed by atoms with E-state index in [1.54, 1.807) is 25.2 Å². The van der Waals surface area contributed by atoms with E-state index in [4.69, 9.17) is 0 Å². The number of hydrogen-bond acceptors (Lipinski definition) is 5. The van der Waals surface area contributed by atoms with Gasteiger partial charge in [0.1, 0.15) is 0 Å². The first-order valence-corrected chi connectivity index (χ1v) is 9.81. The maximum absolute atomic E-state index is 12.3. The van der Waals surface area contributed by atoms with Gasteiger partial charge in [0.25, 0.3) is 0 Å². The summed E-state index contributed by atoms with van der Waals surface area (Å²) in [6, 6.07) is 0. The van der Waals surface area contributed by atoms with E-state index in [0.29, 0.717) is 11.8 Å². The predicted molar refractivity (Wildman–Crippen MR) is 95.8 cm³/mol. The van der Waals surface area contributed by atoms with E-state index in [1.165, 1.54) is 5.69 Å². The first-order valence-electron chi connectivity index (χ1n) is 8.94. The molecule has 5 nitrogen and oxygen atoms in total. The average Bonchev–Trinajstić information content (AvgIpc) is 3.02. The van der Waals surface area contributed by atoms with Crippen molar-refractivity contribution < 1.29 is 9.90 Å². The molecule has 3 rings (SSSR count). The number of nitrogens with zero attached hydrogens (tertiary/aromatic N) is 3. The lowest BCUT2D eigenvalue weighted by Crippen LogP contribution is -2.36. The first kappa shape index (κ1) is 17.8. The second-order valence-electron chi connectivity index (χ2n) is 8.02. The minimum atomic E-state index is -0.913. The second-order valence-corrected chi connectivity index (χ2v) is 9.08. The predicted octanol–water partition coefficient (Wildman–Crippen LogP) is 2.28. The van der Waals surface area contributed by atoms with Crippen LogP contribution in [0.15, 0.2) is 5.38 Å². The van der Waals surface area contributed by atoms with E-state index >= 15 is 0 Å². The van der Waals surface area contributed by atoms with Crippen LogP contribution in [0.3, 0.4) is 0 Å². The van der Waals surface area contributed by atoms with Crippen molar-refractivity contribution >= 4 is 17.2 Å². The zero-order valence-electron chi connectivity index (χ0n) is 15.0. The van der Waals surface area contributed by atoms with Crippen LogP contribution in [0.25, 0.3) is 0 Å². The molecule has 0 aromatic carbocycles. The Hall–Kier alpha value is -0.980. The number of carbonyl (C=O) groups excluding carboxylic acids is 1. The Morgan fingerprint density at radius 3 is 2.46 bits per heavy atom. The van der Waals surface area contributed by atoms with Crippen LogP contribution in [-0.2, 0) is 11.3 Å². The molecule has 134 valence electrons. The van der Waals surface area contributed by atoms with Gasteiger partial charge in [-0.3, -0.25) is 9.69 Å². The number of rotatable bonds is 4. The number of aromatic nitrogens is 1. The number of hydrogen-bond donors (Lipinski definition) is 1. The highest BCUT2D eigenvalue weighted by atomic mass is 32.1. The Morgan fingerprint density at radius 2 is 1.96 bits per heavy atom. The molecule has 1 aromatic rings. The molecule has 6 heteroatoms. The van der Waals surface area contributed by atoms with Crippen molar-refractivity contribution in [3.05, 3.63) is 16.1 Å². The SMILES string of the molecule is Cc1nc(CN2CC[C@@H]3CN(C(=O)CC(C)(C)O)C[C@@H]3CC2)cs1. The largest absolute Gasteiger partial charge is 0.390 e. The zero-order valence-corrected chi connectivity index (χ0v) is 15.8. The number of amides is 1. The van der Waals surface area contributed by atoms with Crippen molar-refractivity contribution in [1.82, 2.24) is 14.8 Å². The minimum absolute atomic E-state index is 0.102. The van der Waals surface area contributed by atoms with Crippen LogP contribution in [0.5, 0.6) is 0 Å². The van der Waals surface area contributed by atoms with Gasteiger partial charge in [-0.05, 0) is 58.5 Å². The van der Waals surface area contributed by atoms with Crippen molar-refractivity contribution in [3.63, 3.8) is 0 Å². The molecule has 1 N–H and O–H groups in total. The zero-order chi connectivity index (χ0) is 17.3. The number of thiazole rings is 1. The van der Waals surface area contributed by atoms with Crippen LogP contribution in [0.2, 0.25) is 0 Å². The lowest BCUT2D eigenvalue weighted by Gasteiger charge is -2.23. The monoisotopic (exact) mass is 351 g/mol. The van der Waals surface area contributed by atoms with Gasteiger partial charge in [-0.2, -0.15) is 0 Å². The highest BCUT2D eigenvalue weighted by molar-refractivity contribution is 7.09. The second kappa shape index (κ2) is 7.10. The summed E-state index contributed by atoms with van der Waals surface area (Å²) < 4.78 is 0. The summed E-state index contributed by atoms with van der Waals surface area (Å²) in [6.07, 6.45) is 2.53. The Balaban J connectivity index is 1.51. The fourth-order valence-corrected chi connectivity index (χ4v) is 4.56. The molecule has 0 spiro atoms. The molecular formula is C18H29N3O2S. The van der Waals surface area contributed by atoms with Crippen LogP contribution in [-0.4, -0.2) is 57.6 Å². The molecular weight excluding hydrogens is 322 g/mol. The van der Waals surface area contributed by atoms with E-state index < -0.39 is 5.60 Å². The Morgan fingerprint density at radius 1 is 1.33 bits per heavy atom. The van der Waals surface area contributed by atoms with E-state index in [2.05, 4.69) is 22.2 Å². The summed E-state index contributed by atoms with van der Waals surface area (Å²) in [4.78, 5) is 21.4. The summed E-state index contributed by atoms with van der Waals surface area (Å²) in [5, 5.41) is 13.2. The molecule has 2 atom stereocenters. The lowest BCUT2D eigenvalue weighted by molar-refractivity contribution is -0.134. The molecule has 1 amide bonds. The van der Waals surface area contributed by atoms with Gasteiger partial charge in [0.2, 0.25) is 5.91 Å². The van der Waals surface area contributed by atoms with Gasteiger partial charge in [-0.1, -0.05) is 0 Å². The molecule has 1 aromatic heterocycles. The first-order chi connectivity index (χ1) is 11.3. The van der Waals surface area contributed by atoms with Crippen LogP contribution in [0.4, 0.5) is 0 Å². The maximum Gasteiger partial charge on any atom is 0.225 e. The summed E-state index contributed by atoms with van der Waals surface area (Å²) in [5.74, 6) is 1.32. The van der Waals surface area contributed by atoms with Crippen molar-refractivity contribution in [3.8, 4) is 0 Å². The molecule has 3 heterocycles. The summed E-state index contributed by atoms with van der Waals surface area (Å²) in [6.45, 7) is 10.3. The van der Waals surface area contributed by atoms with Crippen LogP contribution in [0.1, 0.15) is 43.8 Å². The fourth-order valence-electron chi connectivity index (χ4n) is 3.95. The Kier molecular flexibility index (Phi) is 5.27. The number of likely N-dealkylation sites (tertiary alicyclic amines) is 2. The van der Waals surface area contributed by atoms with Gasteiger partial charge < -0.3 is 10.0 Å². The Labute approximate surface area is 148 Å². The molecule has 0 bridgehead atoms. The third-order valence-corrected chi connectivity index (χ3v) is 6.02. The molecule has 0 unspecified atom stereocenters. The van der Waals surface area contributed by atoms with E-state index in [9.17, 15) is 9.90 Å². The van der Waals surface area contributed by atoms with Gasteiger partial charge in [0.05, 0.1) is 22.7 Å². The van der Waals surface area contributed by atoms with E-state index in [0.717, 1.165) is 50.6 Å². The fraction of sp³-hybridized carbons (Fsp3) is 0.778. The maximum atomic E-state index is 12.3. The molecule has 0 saturated carbocycles. The van der Waals surface area contributed by atoms with E-state index in [-0.39, 0.29) is 12.3 Å². The van der Waals surface area contributed by atoms with Crippen molar-refractivity contribution in [1.29, 1.82) is 0 Å². The van der Waals surface area contributed by atoms with Crippen molar-refractivity contribution in [2.75, 3.05) is 26.2 Å². The summed E-state index contributed by atoms with van der Waals surface area (Å²) in [7, 11) is 0. The van der Waals surface area contributed by atoms with Gasteiger partial charge >= 0.3 is 0 Å². The smallest absolute Gasteiger partial charge is 0.225 e. The van der Waals surface area contributed by atoms with E-state index in [1.807, 2.05) is 4.90 Å². The molecule has 0 radical (unpaired) electrons. The number of fused-ring (bicyclic) bond motifs is 1. The highest BCUT2D eigenvalue weighted by Crippen LogP contribution is 2.33. The van der Waals surface area contributed by atoms with Crippen molar-refractivity contribution in [2.24, 2.45) is 11.8 Å². The topological polar surface area (TPSA) is 56.7 Å². The molecule has 24 heavy (non-hydrogen) atoms. The summed E-state index contributed by atoms with van der Waals surface area (Å²) >= 11 is 1.72. The minimum Gasteiger partial charge on any atom is -0.390 e. The Bertz CT molecular complexity index is 565. The molecule has 2 fully saturated rings. The van der Waals surface area contributed by atoms with Crippen LogP contribution >= 0.6 is 11.3 Å². The number of carbonyl (C=O) groups is 1. The molecule has 2 saturated heterocycles. The average molecular weight is 352 g/mol. The standard InChI is InChI=1S/C18H29N3O2S/c1-13-19-16(12-24-13)11-20-6-4-14-9-21(10-15(14)5-7-20)17(22)8-18(2,3)23/h12,14-15,23H,4-11H2,1-3H3/t14-,15+. The third-order valence-electron chi connectivity index (χ3n) is 5.20. The lowest BCUT2D eigenvalue weighted by atomic mass is 9.92. The molecule has 0 aliphatic carbocycles. The van der Waals surface area contributed by atoms with Gasteiger partial charge in [-0.15, -0.1) is 11.3 Å². The third kappa shape index (κ3) is 4.55.